The molecule has 1 fully saturated rings. The topological polar surface area (TPSA) is 15.3 Å². The van der Waals surface area contributed by atoms with E-state index in [2.05, 4.69) is 38.0 Å². The van der Waals surface area contributed by atoms with Crippen molar-refractivity contribution in [2.45, 2.75) is 58.5 Å². The fourth-order valence-corrected chi connectivity index (χ4v) is 2.37. The van der Waals surface area contributed by atoms with E-state index in [9.17, 15) is 0 Å². The Morgan fingerprint density at radius 1 is 1.40 bits per heavy atom. The zero-order valence-electron chi connectivity index (χ0n) is 10.9. The van der Waals surface area contributed by atoms with Gasteiger partial charge in [0.15, 0.2) is 0 Å². The molecule has 15 heavy (non-hydrogen) atoms. The van der Waals surface area contributed by atoms with Gasteiger partial charge in [0.05, 0.1) is 0 Å². The molecule has 1 N–H and O–H groups in total. The van der Waals surface area contributed by atoms with Crippen LogP contribution in [0.25, 0.3) is 0 Å². The third-order valence-electron chi connectivity index (χ3n) is 3.94. The van der Waals surface area contributed by atoms with Gasteiger partial charge in [-0.15, -0.1) is 0 Å². The summed E-state index contributed by atoms with van der Waals surface area (Å²) in [6.07, 6.45) is 5.43. The third-order valence-corrected chi connectivity index (χ3v) is 3.94. The Hall–Kier alpha value is -0.0800. The highest BCUT2D eigenvalue weighted by Crippen LogP contribution is 2.24. The van der Waals surface area contributed by atoms with Crippen molar-refractivity contribution in [2.24, 2.45) is 5.92 Å². The molecular formula is C13H28N2. The summed E-state index contributed by atoms with van der Waals surface area (Å²) >= 11 is 0. The molecule has 3 atom stereocenters. The first-order valence-corrected chi connectivity index (χ1v) is 6.57. The molecule has 90 valence electrons. The van der Waals surface area contributed by atoms with Crippen LogP contribution in [0.3, 0.4) is 0 Å². The van der Waals surface area contributed by atoms with Crippen LogP contribution in [0, 0.1) is 5.92 Å². The minimum absolute atomic E-state index is 0.717. The van der Waals surface area contributed by atoms with Crippen molar-refractivity contribution in [2.75, 3.05) is 20.1 Å². The van der Waals surface area contributed by atoms with Gasteiger partial charge in [-0.25, -0.2) is 0 Å². The highest BCUT2D eigenvalue weighted by molar-refractivity contribution is 4.78. The molecule has 2 nitrogen and oxygen atoms in total. The molecule has 0 saturated heterocycles. The second-order valence-corrected chi connectivity index (χ2v) is 5.31. The Kier molecular flexibility index (Phi) is 5.62. The maximum Gasteiger partial charge on any atom is 0.0107 e. The van der Waals surface area contributed by atoms with E-state index in [0.29, 0.717) is 6.04 Å². The van der Waals surface area contributed by atoms with Gasteiger partial charge in [0.1, 0.15) is 0 Å². The van der Waals surface area contributed by atoms with Crippen molar-refractivity contribution in [3.8, 4) is 0 Å². The first-order valence-electron chi connectivity index (χ1n) is 6.57. The van der Waals surface area contributed by atoms with Gasteiger partial charge < -0.3 is 10.2 Å². The Balaban J connectivity index is 2.06. The normalized spacial score (nSPS) is 28.6. The van der Waals surface area contributed by atoms with Crippen LogP contribution in [-0.2, 0) is 0 Å². The SMILES string of the molecule is CCC(C)N(C)CCNC1CCC(C)C1. The van der Waals surface area contributed by atoms with E-state index in [1.54, 1.807) is 0 Å². The Morgan fingerprint density at radius 3 is 2.67 bits per heavy atom. The van der Waals surface area contributed by atoms with Gasteiger partial charge in [-0.1, -0.05) is 13.8 Å². The molecule has 1 aliphatic carbocycles. The smallest absolute Gasteiger partial charge is 0.0107 e. The lowest BCUT2D eigenvalue weighted by atomic mass is 10.1. The lowest BCUT2D eigenvalue weighted by molar-refractivity contribution is 0.248. The number of rotatable bonds is 6. The van der Waals surface area contributed by atoms with Gasteiger partial charge in [0, 0.05) is 25.2 Å². The second kappa shape index (κ2) is 6.49. The molecule has 0 aromatic carbocycles. The van der Waals surface area contributed by atoms with Crippen molar-refractivity contribution in [1.82, 2.24) is 10.2 Å². The second-order valence-electron chi connectivity index (χ2n) is 5.31. The van der Waals surface area contributed by atoms with Crippen molar-refractivity contribution in [1.29, 1.82) is 0 Å². The predicted octanol–water partition coefficient (Wildman–Crippen LogP) is 2.49. The molecule has 0 aromatic heterocycles. The van der Waals surface area contributed by atoms with Crippen LogP contribution in [-0.4, -0.2) is 37.1 Å². The highest BCUT2D eigenvalue weighted by Gasteiger charge is 2.20. The quantitative estimate of drug-likeness (QED) is 0.728. The summed E-state index contributed by atoms with van der Waals surface area (Å²) in [6, 6.07) is 1.51. The molecular weight excluding hydrogens is 184 g/mol. The molecule has 0 radical (unpaired) electrons. The molecule has 2 heteroatoms. The monoisotopic (exact) mass is 212 g/mol. The number of likely N-dealkylation sites (N-methyl/N-ethyl adjacent to an activating group) is 1. The standard InChI is InChI=1S/C13H28N2/c1-5-12(3)15(4)9-8-14-13-7-6-11(2)10-13/h11-14H,5-10H2,1-4H3. The minimum Gasteiger partial charge on any atom is -0.313 e. The minimum atomic E-state index is 0.717. The number of hydrogen-bond acceptors (Lipinski definition) is 2. The average Bonchev–Trinajstić information content (AvgIpc) is 2.63. The van der Waals surface area contributed by atoms with Crippen LogP contribution >= 0.6 is 0 Å². The maximum atomic E-state index is 3.68. The summed E-state index contributed by atoms with van der Waals surface area (Å²) in [4.78, 5) is 2.45. The molecule has 0 aliphatic heterocycles. The zero-order valence-corrected chi connectivity index (χ0v) is 10.9. The van der Waals surface area contributed by atoms with Crippen LogP contribution in [0.15, 0.2) is 0 Å². The van der Waals surface area contributed by atoms with Gasteiger partial charge in [0.2, 0.25) is 0 Å². The fraction of sp³-hybridized carbons (Fsp3) is 1.00. The van der Waals surface area contributed by atoms with Crippen LogP contribution in [0.5, 0.6) is 0 Å². The van der Waals surface area contributed by atoms with Gasteiger partial charge >= 0.3 is 0 Å². The Bertz CT molecular complexity index is 168. The molecule has 1 aliphatic rings. The van der Waals surface area contributed by atoms with Gasteiger partial charge in [0.25, 0.3) is 0 Å². The summed E-state index contributed by atoms with van der Waals surface area (Å²) in [5.74, 6) is 0.940. The molecule has 0 heterocycles. The summed E-state index contributed by atoms with van der Waals surface area (Å²) < 4.78 is 0. The molecule has 0 bridgehead atoms. The van der Waals surface area contributed by atoms with E-state index < -0.39 is 0 Å². The van der Waals surface area contributed by atoms with Gasteiger partial charge in [-0.3, -0.25) is 0 Å². The van der Waals surface area contributed by atoms with Crippen molar-refractivity contribution < 1.29 is 0 Å². The van der Waals surface area contributed by atoms with E-state index in [0.717, 1.165) is 18.5 Å². The van der Waals surface area contributed by atoms with Crippen LogP contribution in [0.1, 0.15) is 46.5 Å². The average molecular weight is 212 g/mol. The van der Waals surface area contributed by atoms with Crippen LogP contribution < -0.4 is 5.32 Å². The van der Waals surface area contributed by atoms with Crippen molar-refractivity contribution >= 4 is 0 Å². The lowest BCUT2D eigenvalue weighted by Gasteiger charge is -2.24. The summed E-state index contributed by atoms with van der Waals surface area (Å²) in [6.45, 7) is 9.26. The molecule has 1 rings (SSSR count). The van der Waals surface area contributed by atoms with E-state index >= 15 is 0 Å². The van der Waals surface area contributed by atoms with E-state index in [4.69, 9.17) is 0 Å². The number of nitrogens with one attached hydrogen (secondary N) is 1. The molecule has 0 spiro atoms. The molecule has 3 unspecified atom stereocenters. The van der Waals surface area contributed by atoms with Gasteiger partial charge in [-0.05, 0) is 45.6 Å². The fourth-order valence-electron chi connectivity index (χ4n) is 2.37. The van der Waals surface area contributed by atoms with Gasteiger partial charge in [-0.2, -0.15) is 0 Å². The molecule has 1 saturated carbocycles. The molecule has 0 amide bonds. The van der Waals surface area contributed by atoms with Crippen LogP contribution in [0.4, 0.5) is 0 Å². The predicted molar refractivity (Wildman–Crippen MR) is 67.2 cm³/mol. The number of hydrogen-bond donors (Lipinski definition) is 1. The third kappa shape index (κ3) is 4.52. The van der Waals surface area contributed by atoms with E-state index in [1.165, 1.54) is 32.2 Å². The lowest BCUT2D eigenvalue weighted by Crippen LogP contribution is -2.38. The largest absolute Gasteiger partial charge is 0.313 e. The Morgan fingerprint density at radius 2 is 2.13 bits per heavy atom. The van der Waals surface area contributed by atoms with E-state index in [-0.39, 0.29) is 0 Å². The highest BCUT2D eigenvalue weighted by atomic mass is 15.1. The summed E-state index contributed by atoms with van der Waals surface area (Å²) in [7, 11) is 2.23. The first kappa shape index (κ1) is 13.0. The summed E-state index contributed by atoms with van der Waals surface area (Å²) in [5, 5.41) is 3.68. The maximum absolute atomic E-state index is 3.68. The summed E-state index contributed by atoms with van der Waals surface area (Å²) in [5.41, 5.74) is 0. The zero-order chi connectivity index (χ0) is 11.3. The Labute approximate surface area is 95.4 Å². The van der Waals surface area contributed by atoms with Crippen molar-refractivity contribution in [3.05, 3.63) is 0 Å². The first-order chi connectivity index (χ1) is 7.13. The number of nitrogens with zero attached hydrogens (tertiary/aromatic N) is 1. The molecule has 0 aromatic rings. The van der Waals surface area contributed by atoms with Crippen LogP contribution in [0.2, 0.25) is 0 Å². The van der Waals surface area contributed by atoms with Crippen molar-refractivity contribution in [3.63, 3.8) is 0 Å². The van der Waals surface area contributed by atoms with E-state index in [1.807, 2.05) is 0 Å².